The Kier molecular flexibility index (Phi) is 5.02. The fourth-order valence-electron chi connectivity index (χ4n) is 2.10. The maximum absolute atomic E-state index is 6.44. The summed E-state index contributed by atoms with van der Waals surface area (Å²) in [6.07, 6.45) is 2.86. The molecular weight excluding hydrogens is 212 g/mol. The second-order valence-electron chi connectivity index (χ2n) is 7.18. The summed E-state index contributed by atoms with van der Waals surface area (Å²) in [5.74, 6) is 0. The summed E-state index contributed by atoms with van der Waals surface area (Å²) in [7, 11) is -0.902. The minimum Gasteiger partial charge on any atom is -0.410 e. The van der Waals surface area contributed by atoms with E-state index in [0.717, 1.165) is 6.42 Å². The zero-order valence-corrected chi connectivity index (χ0v) is 13.4. The van der Waals surface area contributed by atoms with Crippen molar-refractivity contribution >= 4 is 9.04 Å². The Morgan fingerprint density at radius 3 is 1.56 bits per heavy atom. The third kappa shape index (κ3) is 5.31. The van der Waals surface area contributed by atoms with Gasteiger partial charge in [-0.15, -0.1) is 6.58 Å². The lowest BCUT2D eigenvalue weighted by Gasteiger charge is -2.42. The quantitative estimate of drug-likeness (QED) is 0.500. The fraction of sp³-hybridized carbons (Fsp3) is 0.857. The first kappa shape index (κ1) is 15.9. The van der Waals surface area contributed by atoms with E-state index in [-0.39, 0.29) is 15.7 Å². The van der Waals surface area contributed by atoms with Gasteiger partial charge in [-0.25, -0.2) is 0 Å². The summed E-state index contributed by atoms with van der Waals surface area (Å²) in [5.41, 5.74) is -0.0867. The van der Waals surface area contributed by atoms with E-state index in [1.807, 2.05) is 6.08 Å². The Bertz CT molecular complexity index is 216. The standard InChI is InChI=1S/C14H29OSi/c1-10-11-14(8,9)15-16(12(2,3)4)13(5,6)7/h10H,1,11H2,2-9H3. The summed E-state index contributed by atoms with van der Waals surface area (Å²) in [6.45, 7) is 21.9. The van der Waals surface area contributed by atoms with Gasteiger partial charge in [-0.1, -0.05) is 47.6 Å². The predicted octanol–water partition coefficient (Wildman–Crippen LogP) is 4.95. The summed E-state index contributed by atoms with van der Waals surface area (Å²) < 4.78 is 6.44. The van der Waals surface area contributed by atoms with E-state index < -0.39 is 9.04 Å². The van der Waals surface area contributed by atoms with Gasteiger partial charge in [0, 0.05) is 0 Å². The predicted molar refractivity (Wildman–Crippen MR) is 75.2 cm³/mol. The molecule has 0 fully saturated rings. The Balaban J connectivity index is 4.90. The van der Waals surface area contributed by atoms with Gasteiger partial charge in [0.15, 0.2) is 0 Å². The molecule has 0 N–H and O–H groups in total. The maximum atomic E-state index is 6.44. The van der Waals surface area contributed by atoms with Crippen molar-refractivity contribution in [1.82, 2.24) is 0 Å². The van der Waals surface area contributed by atoms with Crippen LogP contribution in [-0.2, 0) is 4.43 Å². The third-order valence-corrected chi connectivity index (χ3v) is 5.86. The van der Waals surface area contributed by atoms with Crippen molar-refractivity contribution in [2.24, 2.45) is 0 Å². The highest BCUT2D eigenvalue weighted by Gasteiger charge is 2.42. The summed E-state index contributed by atoms with van der Waals surface area (Å²) in [6, 6.07) is 0. The van der Waals surface area contributed by atoms with Crippen molar-refractivity contribution in [3.8, 4) is 0 Å². The minimum absolute atomic E-state index is 0.0867. The monoisotopic (exact) mass is 241 g/mol. The van der Waals surface area contributed by atoms with Crippen LogP contribution in [0.2, 0.25) is 10.1 Å². The van der Waals surface area contributed by atoms with Gasteiger partial charge in [0.05, 0.1) is 5.60 Å². The van der Waals surface area contributed by atoms with E-state index in [9.17, 15) is 0 Å². The van der Waals surface area contributed by atoms with Gasteiger partial charge < -0.3 is 4.43 Å². The highest BCUT2D eigenvalue weighted by atomic mass is 28.3. The first-order valence-corrected chi connectivity index (χ1v) is 7.49. The van der Waals surface area contributed by atoms with Crippen LogP contribution in [0.4, 0.5) is 0 Å². The van der Waals surface area contributed by atoms with Gasteiger partial charge in [-0.05, 0) is 30.3 Å². The highest BCUT2D eigenvalue weighted by molar-refractivity contribution is 6.58. The highest BCUT2D eigenvalue weighted by Crippen LogP contribution is 2.44. The number of hydrogen-bond donors (Lipinski definition) is 0. The van der Waals surface area contributed by atoms with Crippen molar-refractivity contribution in [3.05, 3.63) is 12.7 Å². The molecule has 0 aliphatic rings. The molecule has 0 saturated heterocycles. The van der Waals surface area contributed by atoms with E-state index in [0.29, 0.717) is 0 Å². The first-order valence-electron chi connectivity index (χ1n) is 6.08. The van der Waals surface area contributed by atoms with E-state index in [1.165, 1.54) is 0 Å². The van der Waals surface area contributed by atoms with Gasteiger partial charge >= 0.3 is 0 Å². The molecule has 0 heterocycles. The zero-order valence-electron chi connectivity index (χ0n) is 12.4. The van der Waals surface area contributed by atoms with Crippen LogP contribution in [0.15, 0.2) is 12.7 Å². The van der Waals surface area contributed by atoms with Crippen molar-refractivity contribution in [2.45, 2.75) is 77.5 Å². The zero-order chi connectivity index (χ0) is 13.2. The van der Waals surface area contributed by atoms with Crippen LogP contribution in [0.1, 0.15) is 61.8 Å². The molecule has 0 spiro atoms. The van der Waals surface area contributed by atoms with Crippen molar-refractivity contribution in [1.29, 1.82) is 0 Å². The van der Waals surface area contributed by atoms with Crippen LogP contribution < -0.4 is 0 Å². The Hall–Kier alpha value is -0.0831. The fourth-order valence-corrected chi connectivity index (χ4v) is 5.60. The molecule has 0 aromatic rings. The lowest BCUT2D eigenvalue weighted by Crippen LogP contribution is -2.44. The number of rotatable bonds is 4. The van der Waals surface area contributed by atoms with Crippen LogP contribution >= 0.6 is 0 Å². The largest absolute Gasteiger partial charge is 0.410 e. The van der Waals surface area contributed by atoms with Crippen molar-refractivity contribution in [3.63, 3.8) is 0 Å². The van der Waals surface area contributed by atoms with Crippen LogP contribution in [-0.4, -0.2) is 14.6 Å². The molecule has 0 aliphatic carbocycles. The lowest BCUT2D eigenvalue weighted by molar-refractivity contribution is 0.0956. The first-order chi connectivity index (χ1) is 6.90. The van der Waals surface area contributed by atoms with Gasteiger partial charge in [0.25, 0.3) is 0 Å². The molecule has 0 amide bonds. The molecular formula is C14H29OSi. The van der Waals surface area contributed by atoms with E-state index in [2.05, 4.69) is 62.0 Å². The average molecular weight is 241 g/mol. The van der Waals surface area contributed by atoms with Gasteiger partial charge in [-0.2, -0.15) is 0 Å². The SMILES string of the molecule is C=CCC(C)(C)O[Si](C(C)(C)C)C(C)(C)C. The normalized spacial score (nSPS) is 14.3. The lowest BCUT2D eigenvalue weighted by atomic mass is 10.1. The molecule has 0 unspecified atom stereocenters. The smallest absolute Gasteiger partial charge is 0.223 e. The molecule has 0 aliphatic heterocycles. The molecule has 0 aromatic heterocycles. The summed E-state index contributed by atoms with van der Waals surface area (Å²) >= 11 is 0. The minimum atomic E-state index is -0.902. The molecule has 0 aromatic carbocycles. The maximum Gasteiger partial charge on any atom is 0.223 e. The van der Waals surface area contributed by atoms with Crippen molar-refractivity contribution in [2.75, 3.05) is 0 Å². The second kappa shape index (κ2) is 5.05. The molecule has 0 atom stereocenters. The Morgan fingerprint density at radius 2 is 1.31 bits per heavy atom. The third-order valence-electron chi connectivity index (χ3n) is 2.38. The van der Waals surface area contributed by atoms with Crippen LogP contribution in [0.5, 0.6) is 0 Å². The van der Waals surface area contributed by atoms with E-state index >= 15 is 0 Å². The Labute approximate surface area is 104 Å². The topological polar surface area (TPSA) is 9.23 Å². The molecule has 2 heteroatoms. The molecule has 0 rings (SSSR count). The van der Waals surface area contributed by atoms with Crippen LogP contribution in [0, 0.1) is 0 Å². The van der Waals surface area contributed by atoms with E-state index in [4.69, 9.17) is 4.43 Å². The molecule has 0 saturated carbocycles. The molecule has 16 heavy (non-hydrogen) atoms. The second-order valence-corrected chi connectivity index (χ2v) is 11.0. The Morgan fingerprint density at radius 1 is 0.938 bits per heavy atom. The van der Waals surface area contributed by atoms with Gasteiger partial charge in [0.1, 0.15) is 0 Å². The van der Waals surface area contributed by atoms with E-state index in [1.54, 1.807) is 0 Å². The van der Waals surface area contributed by atoms with Crippen LogP contribution in [0.3, 0.4) is 0 Å². The van der Waals surface area contributed by atoms with Gasteiger partial charge in [-0.3, -0.25) is 0 Å². The average Bonchev–Trinajstić information content (AvgIpc) is 1.96. The molecule has 1 radical (unpaired) electrons. The summed E-state index contributed by atoms with van der Waals surface area (Å²) in [5, 5.41) is 0.503. The molecule has 0 bridgehead atoms. The number of hydrogen-bond acceptors (Lipinski definition) is 1. The molecule has 95 valence electrons. The van der Waals surface area contributed by atoms with Crippen LogP contribution in [0.25, 0.3) is 0 Å². The molecule has 1 nitrogen and oxygen atoms in total. The summed E-state index contributed by atoms with van der Waals surface area (Å²) in [4.78, 5) is 0. The van der Waals surface area contributed by atoms with Gasteiger partial charge in [0.2, 0.25) is 9.04 Å². The van der Waals surface area contributed by atoms with Crippen molar-refractivity contribution < 1.29 is 4.43 Å².